The molecule has 5 nitrogen and oxygen atoms in total. The molecule has 1 rings (SSSR count). The molecule has 0 amide bonds. The number of nitrogens with zero attached hydrogens (tertiary/aromatic N) is 2. The number of carbonyl (C=O) groups is 1. The van der Waals surface area contributed by atoms with Gasteiger partial charge < -0.3 is 4.90 Å². The molecule has 0 saturated carbocycles. The maximum atomic E-state index is 11.0. The molecular formula is C11H15BN2O3. The van der Waals surface area contributed by atoms with E-state index in [9.17, 15) is 14.9 Å². The van der Waals surface area contributed by atoms with E-state index < -0.39 is 4.92 Å². The fourth-order valence-electron chi connectivity index (χ4n) is 0.911. The number of rotatable bonds is 3. The summed E-state index contributed by atoms with van der Waals surface area (Å²) in [6, 6.07) is 5.51. The van der Waals surface area contributed by atoms with Crippen LogP contribution in [0.15, 0.2) is 24.3 Å². The first-order valence-electron chi connectivity index (χ1n) is 4.97. The van der Waals surface area contributed by atoms with E-state index in [4.69, 9.17) is 7.85 Å². The molecule has 90 valence electrons. The number of hydrogen-bond acceptors (Lipinski definition) is 4. The highest BCUT2D eigenvalue weighted by molar-refractivity contribution is 6.24. The first-order chi connectivity index (χ1) is 7.88. The summed E-state index contributed by atoms with van der Waals surface area (Å²) in [5, 5.41) is 10.3. The van der Waals surface area contributed by atoms with Gasteiger partial charge in [-0.15, -0.1) is 0 Å². The van der Waals surface area contributed by atoms with Gasteiger partial charge in [0.1, 0.15) is 0 Å². The van der Waals surface area contributed by atoms with E-state index in [-0.39, 0.29) is 23.4 Å². The molecule has 0 aliphatic carbocycles. The Labute approximate surface area is 102 Å². The first-order valence-corrected chi connectivity index (χ1v) is 4.97. The van der Waals surface area contributed by atoms with Crippen LogP contribution < -0.4 is 0 Å². The second-order valence-electron chi connectivity index (χ2n) is 3.78. The van der Waals surface area contributed by atoms with Crippen molar-refractivity contribution in [1.82, 2.24) is 4.90 Å². The summed E-state index contributed by atoms with van der Waals surface area (Å²) < 4.78 is 0. The van der Waals surface area contributed by atoms with Crippen molar-refractivity contribution < 1.29 is 9.72 Å². The third kappa shape index (κ3) is 6.47. The lowest BCUT2D eigenvalue weighted by molar-refractivity contribution is -0.384. The average Bonchev–Trinajstić information content (AvgIpc) is 2.27. The summed E-state index contributed by atoms with van der Waals surface area (Å²) in [4.78, 5) is 22.8. The molecule has 2 radical (unpaired) electrons. The van der Waals surface area contributed by atoms with E-state index in [0.717, 1.165) is 0 Å². The molecule has 0 fully saturated rings. The Bertz CT molecular complexity index is 391. The number of non-ortho nitro benzene ring substituents is 1. The Kier molecular flexibility index (Phi) is 6.82. The molecule has 0 saturated heterocycles. The topological polar surface area (TPSA) is 63.5 Å². The normalized spacial score (nSPS) is 9.41. The molecule has 6 heteroatoms. The van der Waals surface area contributed by atoms with Crippen molar-refractivity contribution >= 4 is 19.3 Å². The maximum absolute atomic E-state index is 11.0. The first kappa shape index (κ1) is 15.3. The van der Waals surface area contributed by atoms with Gasteiger partial charge in [0.25, 0.3) is 5.69 Å². The highest BCUT2D eigenvalue weighted by Crippen LogP contribution is 2.13. The highest BCUT2D eigenvalue weighted by atomic mass is 16.6. The van der Waals surface area contributed by atoms with Crippen LogP contribution in [0.25, 0.3) is 0 Å². The van der Waals surface area contributed by atoms with Crippen LogP contribution in [0.2, 0.25) is 6.32 Å². The molecule has 0 heterocycles. The number of carbonyl (C=O) groups excluding carboxylic acids is 1. The van der Waals surface area contributed by atoms with Crippen LogP contribution >= 0.6 is 0 Å². The fourth-order valence-corrected chi connectivity index (χ4v) is 0.911. The van der Waals surface area contributed by atoms with Crippen molar-refractivity contribution in [3.8, 4) is 0 Å². The predicted octanol–water partition coefficient (Wildman–Crippen LogP) is 1.54. The van der Waals surface area contributed by atoms with Crippen molar-refractivity contribution in [2.75, 3.05) is 21.1 Å². The summed E-state index contributed by atoms with van der Waals surface area (Å²) in [5.74, 6) is -0.302. The Balaban J connectivity index is 0.000000557. The zero-order chi connectivity index (χ0) is 13.4. The number of Topliss-reactive ketones (excluding diaryl/α,β-unsaturated/α-hetero) is 1. The van der Waals surface area contributed by atoms with Crippen molar-refractivity contribution in [1.29, 1.82) is 0 Å². The van der Waals surface area contributed by atoms with Crippen molar-refractivity contribution in [2.45, 2.75) is 6.32 Å². The minimum Gasteiger partial charge on any atom is -0.312 e. The number of benzene rings is 1. The summed E-state index contributed by atoms with van der Waals surface area (Å²) >= 11 is 0. The largest absolute Gasteiger partial charge is 0.312 e. The predicted molar refractivity (Wildman–Crippen MR) is 67.6 cm³/mol. The van der Waals surface area contributed by atoms with Crippen LogP contribution in [-0.4, -0.2) is 44.6 Å². The van der Waals surface area contributed by atoms with Gasteiger partial charge in [0, 0.05) is 17.7 Å². The molecule has 0 atom stereocenters. The Morgan fingerprint density at radius 2 is 1.94 bits per heavy atom. The number of hydrogen-bond donors (Lipinski definition) is 0. The lowest BCUT2D eigenvalue weighted by Crippen LogP contribution is -1.99. The van der Waals surface area contributed by atoms with Gasteiger partial charge in [0.15, 0.2) is 5.78 Å². The molecule has 0 unspecified atom stereocenters. The molecular weight excluding hydrogens is 219 g/mol. The molecule has 0 N–H and O–H groups in total. The van der Waals surface area contributed by atoms with E-state index in [0.29, 0.717) is 0 Å². The highest BCUT2D eigenvalue weighted by Gasteiger charge is 2.08. The van der Waals surface area contributed by atoms with Crippen LogP contribution in [-0.2, 0) is 0 Å². The average molecular weight is 234 g/mol. The van der Waals surface area contributed by atoms with Gasteiger partial charge in [-0.1, -0.05) is 12.1 Å². The second-order valence-corrected chi connectivity index (χ2v) is 3.78. The maximum Gasteiger partial charge on any atom is 0.270 e. The number of nitro benzene ring substituents is 1. The van der Waals surface area contributed by atoms with Crippen LogP contribution in [0, 0.1) is 10.1 Å². The lowest BCUT2D eigenvalue weighted by atomic mass is 9.96. The SMILES string of the molecule is CN(C)C.[B]CC(=O)c1cccc([N+](=O)[O-])c1. The van der Waals surface area contributed by atoms with Crippen molar-refractivity contribution in [2.24, 2.45) is 0 Å². The fraction of sp³-hybridized carbons (Fsp3) is 0.364. The van der Waals surface area contributed by atoms with Crippen LogP contribution in [0.5, 0.6) is 0 Å². The minimum atomic E-state index is -0.548. The van der Waals surface area contributed by atoms with Crippen LogP contribution in [0.3, 0.4) is 0 Å². The molecule has 1 aromatic rings. The molecule has 0 spiro atoms. The molecule has 0 aliphatic heterocycles. The van der Waals surface area contributed by atoms with Gasteiger partial charge in [0.05, 0.1) is 12.8 Å². The van der Waals surface area contributed by atoms with Gasteiger partial charge in [-0.3, -0.25) is 14.9 Å². The van der Waals surface area contributed by atoms with Crippen molar-refractivity contribution in [3.63, 3.8) is 0 Å². The molecule has 0 aliphatic rings. The van der Waals surface area contributed by atoms with E-state index in [1.54, 1.807) is 0 Å². The second kappa shape index (κ2) is 7.57. The van der Waals surface area contributed by atoms with Crippen LogP contribution in [0.1, 0.15) is 10.4 Å². The quantitative estimate of drug-likeness (QED) is 0.344. The summed E-state index contributed by atoms with van der Waals surface area (Å²) in [6.07, 6.45) is -0.138. The van der Waals surface area contributed by atoms with E-state index in [1.165, 1.54) is 24.3 Å². The summed E-state index contributed by atoms with van der Waals surface area (Å²) in [5.41, 5.74) is 0.177. The van der Waals surface area contributed by atoms with Crippen molar-refractivity contribution in [3.05, 3.63) is 39.9 Å². The molecule has 1 aromatic carbocycles. The van der Waals surface area contributed by atoms with Gasteiger partial charge >= 0.3 is 0 Å². The summed E-state index contributed by atoms with van der Waals surface area (Å²) in [7, 11) is 11.1. The summed E-state index contributed by atoms with van der Waals surface area (Å²) in [6.45, 7) is 0. The molecule has 0 bridgehead atoms. The van der Waals surface area contributed by atoms with E-state index in [2.05, 4.69) is 0 Å². The van der Waals surface area contributed by atoms with Gasteiger partial charge in [-0.2, -0.15) is 0 Å². The molecule has 17 heavy (non-hydrogen) atoms. The van der Waals surface area contributed by atoms with Gasteiger partial charge in [0.2, 0.25) is 0 Å². The standard InChI is InChI=1S/C8H6BNO3.C3H9N/c9-5-8(11)6-2-1-3-7(4-6)10(12)13;1-4(2)3/h1-4H,5H2;1-3H3. The van der Waals surface area contributed by atoms with E-state index in [1.807, 2.05) is 26.0 Å². The Hall–Kier alpha value is -1.69. The smallest absolute Gasteiger partial charge is 0.270 e. The third-order valence-corrected chi connectivity index (χ3v) is 1.56. The van der Waals surface area contributed by atoms with Crippen LogP contribution in [0.4, 0.5) is 5.69 Å². The van der Waals surface area contributed by atoms with Gasteiger partial charge in [-0.05, 0) is 27.5 Å². The monoisotopic (exact) mass is 234 g/mol. The Morgan fingerprint density at radius 1 is 1.41 bits per heavy atom. The number of nitro groups is 1. The lowest BCUT2D eigenvalue weighted by Gasteiger charge is -1.96. The van der Waals surface area contributed by atoms with Gasteiger partial charge in [-0.25, -0.2) is 0 Å². The number of ketones is 1. The molecule has 0 aromatic heterocycles. The third-order valence-electron chi connectivity index (χ3n) is 1.56. The minimum absolute atomic E-state index is 0.0979. The Morgan fingerprint density at radius 3 is 2.35 bits per heavy atom. The zero-order valence-corrected chi connectivity index (χ0v) is 10.2. The zero-order valence-electron chi connectivity index (χ0n) is 10.2. The van der Waals surface area contributed by atoms with E-state index >= 15 is 0 Å².